The molecule has 0 bridgehead atoms. The molecule has 0 spiro atoms. The summed E-state index contributed by atoms with van der Waals surface area (Å²) in [7, 11) is 1.66. The minimum Gasteiger partial charge on any atom is -0.495 e. The maximum absolute atomic E-state index is 11.5. The maximum Gasteiger partial charge on any atom is 0.219 e. The van der Waals surface area contributed by atoms with Crippen LogP contribution in [0.4, 0.5) is 11.4 Å². The summed E-state index contributed by atoms with van der Waals surface area (Å²) in [5, 5.41) is 0. The topological polar surface area (TPSA) is 62.0 Å². The van der Waals surface area contributed by atoms with Crippen molar-refractivity contribution in [3.05, 3.63) is 18.2 Å². The van der Waals surface area contributed by atoms with Gasteiger partial charge in [-0.3, -0.25) is 9.69 Å². The summed E-state index contributed by atoms with van der Waals surface area (Å²) < 4.78 is 5.35. The number of anilines is 2. The number of ether oxygens (including phenoxy) is 1. The predicted octanol–water partition coefficient (Wildman–Crippen LogP) is 1.41. The van der Waals surface area contributed by atoms with Gasteiger partial charge in [0.2, 0.25) is 5.91 Å². The molecule has 24 heavy (non-hydrogen) atoms. The van der Waals surface area contributed by atoms with Crippen LogP contribution in [0.1, 0.15) is 19.8 Å². The number of rotatable bonds is 3. The van der Waals surface area contributed by atoms with Crippen LogP contribution in [0.25, 0.3) is 0 Å². The zero-order valence-corrected chi connectivity index (χ0v) is 14.7. The second-order valence-corrected chi connectivity index (χ2v) is 6.71. The van der Waals surface area contributed by atoms with Crippen molar-refractivity contribution in [2.24, 2.45) is 0 Å². The highest BCUT2D eigenvalue weighted by Crippen LogP contribution is 2.30. The number of methoxy groups -OCH3 is 1. The Bertz CT molecular complexity index is 584. The van der Waals surface area contributed by atoms with Crippen LogP contribution in [0, 0.1) is 0 Å². The van der Waals surface area contributed by atoms with E-state index in [4.69, 9.17) is 10.5 Å². The van der Waals surface area contributed by atoms with Gasteiger partial charge < -0.3 is 20.3 Å². The molecule has 2 N–H and O–H groups in total. The molecular weight excluding hydrogens is 304 g/mol. The zero-order chi connectivity index (χ0) is 17.1. The number of carbonyl (C=O) groups excluding carboxylic acids is 1. The molecular formula is C18H28N4O2. The lowest BCUT2D eigenvalue weighted by Crippen LogP contribution is -2.55. The number of nitrogen functional groups attached to an aromatic ring is 1. The molecule has 1 amide bonds. The third kappa shape index (κ3) is 3.59. The van der Waals surface area contributed by atoms with Crippen LogP contribution in [-0.2, 0) is 4.79 Å². The Balaban J connectivity index is 1.63. The Morgan fingerprint density at radius 2 is 1.96 bits per heavy atom. The Labute approximate surface area is 144 Å². The van der Waals surface area contributed by atoms with Gasteiger partial charge >= 0.3 is 0 Å². The fourth-order valence-corrected chi connectivity index (χ4v) is 3.79. The van der Waals surface area contributed by atoms with Gasteiger partial charge in [0.1, 0.15) is 5.75 Å². The van der Waals surface area contributed by atoms with Gasteiger partial charge in [0.15, 0.2) is 0 Å². The fourth-order valence-electron chi connectivity index (χ4n) is 3.79. The van der Waals surface area contributed by atoms with Crippen LogP contribution in [0.5, 0.6) is 5.75 Å². The highest BCUT2D eigenvalue weighted by Gasteiger charge is 2.29. The molecule has 1 atom stereocenters. The molecule has 0 radical (unpaired) electrons. The van der Waals surface area contributed by atoms with Crippen molar-refractivity contribution in [3.63, 3.8) is 0 Å². The summed E-state index contributed by atoms with van der Waals surface area (Å²) in [4.78, 5) is 18.4. The summed E-state index contributed by atoms with van der Waals surface area (Å²) in [6.45, 7) is 7.39. The molecule has 6 heteroatoms. The van der Waals surface area contributed by atoms with E-state index in [0.717, 1.165) is 45.0 Å². The molecule has 2 heterocycles. The van der Waals surface area contributed by atoms with Crippen LogP contribution in [-0.4, -0.2) is 68.1 Å². The smallest absolute Gasteiger partial charge is 0.219 e. The van der Waals surface area contributed by atoms with Crippen molar-refractivity contribution >= 4 is 17.3 Å². The van der Waals surface area contributed by atoms with E-state index in [9.17, 15) is 4.79 Å². The van der Waals surface area contributed by atoms with E-state index >= 15 is 0 Å². The quantitative estimate of drug-likeness (QED) is 0.848. The number of hydrogen-bond acceptors (Lipinski definition) is 5. The second-order valence-electron chi connectivity index (χ2n) is 6.71. The molecule has 0 aromatic heterocycles. The van der Waals surface area contributed by atoms with E-state index < -0.39 is 0 Å². The molecule has 1 unspecified atom stereocenters. The average molecular weight is 332 g/mol. The van der Waals surface area contributed by atoms with E-state index in [1.165, 1.54) is 18.5 Å². The largest absolute Gasteiger partial charge is 0.495 e. The third-order valence-corrected chi connectivity index (χ3v) is 5.25. The van der Waals surface area contributed by atoms with Crippen LogP contribution >= 0.6 is 0 Å². The lowest BCUT2D eigenvalue weighted by atomic mass is 10.0. The number of piperidine rings is 1. The summed E-state index contributed by atoms with van der Waals surface area (Å²) in [5.74, 6) is 0.929. The first-order valence-electron chi connectivity index (χ1n) is 8.76. The number of benzene rings is 1. The minimum absolute atomic E-state index is 0.189. The number of hydrogen-bond donors (Lipinski definition) is 1. The molecule has 6 nitrogen and oxygen atoms in total. The maximum atomic E-state index is 11.5. The van der Waals surface area contributed by atoms with Gasteiger partial charge in [0.05, 0.1) is 12.8 Å². The molecule has 3 rings (SSSR count). The Hall–Kier alpha value is -1.95. The van der Waals surface area contributed by atoms with Crippen molar-refractivity contribution < 1.29 is 9.53 Å². The lowest BCUT2D eigenvalue weighted by molar-refractivity contribution is -0.130. The molecule has 132 valence electrons. The van der Waals surface area contributed by atoms with Gasteiger partial charge in [-0.1, -0.05) is 0 Å². The van der Waals surface area contributed by atoms with Crippen LogP contribution < -0.4 is 15.4 Å². The number of nitrogens with zero attached hydrogens (tertiary/aromatic N) is 3. The number of amides is 1. The number of nitrogens with two attached hydrogens (primary N) is 1. The first-order chi connectivity index (χ1) is 11.6. The van der Waals surface area contributed by atoms with E-state index in [-0.39, 0.29) is 5.91 Å². The second kappa shape index (κ2) is 7.30. The first kappa shape index (κ1) is 16.9. The fraction of sp³-hybridized carbons (Fsp3) is 0.611. The Morgan fingerprint density at radius 1 is 1.21 bits per heavy atom. The standard InChI is InChI=1S/C18H28N4O2/c1-14(23)20-8-10-21(11-9-20)16-4-3-7-22(13-16)15-5-6-17(19)18(12-15)24-2/h5-6,12,16H,3-4,7-11,13,19H2,1-2H3. The highest BCUT2D eigenvalue weighted by atomic mass is 16.5. The predicted molar refractivity (Wildman–Crippen MR) is 96.5 cm³/mol. The van der Waals surface area contributed by atoms with E-state index in [1.54, 1.807) is 14.0 Å². The molecule has 1 aromatic carbocycles. The van der Waals surface area contributed by atoms with Gasteiger partial charge in [-0.15, -0.1) is 0 Å². The minimum atomic E-state index is 0.189. The van der Waals surface area contributed by atoms with Gasteiger partial charge in [-0.25, -0.2) is 0 Å². The Kier molecular flexibility index (Phi) is 5.14. The van der Waals surface area contributed by atoms with Gasteiger partial charge in [-0.05, 0) is 25.0 Å². The molecule has 2 fully saturated rings. The monoisotopic (exact) mass is 332 g/mol. The molecule has 0 saturated carbocycles. The van der Waals surface area contributed by atoms with Crippen molar-refractivity contribution in [1.29, 1.82) is 0 Å². The van der Waals surface area contributed by atoms with Gasteiger partial charge in [0.25, 0.3) is 0 Å². The zero-order valence-electron chi connectivity index (χ0n) is 14.7. The summed E-state index contributed by atoms with van der Waals surface area (Å²) in [6.07, 6.45) is 2.41. The average Bonchev–Trinajstić information content (AvgIpc) is 2.62. The Morgan fingerprint density at radius 3 is 2.62 bits per heavy atom. The van der Waals surface area contributed by atoms with Crippen LogP contribution in [0.2, 0.25) is 0 Å². The van der Waals surface area contributed by atoms with Crippen molar-refractivity contribution in [3.8, 4) is 5.75 Å². The molecule has 2 saturated heterocycles. The number of carbonyl (C=O) groups is 1. The highest BCUT2D eigenvalue weighted by molar-refractivity contribution is 5.73. The summed E-state index contributed by atoms with van der Waals surface area (Å²) >= 11 is 0. The van der Waals surface area contributed by atoms with Crippen LogP contribution in [0.3, 0.4) is 0 Å². The van der Waals surface area contributed by atoms with Gasteiger partial charge in [-0.2, -0.15) is 0 Å². The third-order valence-electron chi connectivity index (χ3n) is 5.25. The van der Waals surface area contributed by atoms with E-state index in [2.05, 4.69) is 15.9 Å². The molecule has 2 aliphatic heterocycles. The van der Waals surface area contributed by atoms with Crippen molar-refractivity contribution in [2.75, 3.05) is 57.0 Å². The lowest BCUT2D eigenvalue weighted by Gasteiger charge is -2.44. The SMILES string of the molecule is COc1cc(N2CCCC(N3CCN(C(C)=O)CC3)C2)ccc1N. The molecule has 0 aliphatic carbocycles. The molecule has 2 aliphatic rings. The first-order valence-corrected chi connectivity index (χ1v) is 8.76. The van der Waals surface area contributed by atoms with Crippen molar-refractivity contribution in [2.45, 2.75) is 25.8 Å². The molecule has 1 aromatic rings. The van der Waals surface area contributed by atoms with Crippen LogP contribution in [0.15, 0.2) is 18.2 Å². The summed E-state index contributed by atoms with van der Waals surface area (Å²) in [6, 6.07) is 6.58. The number of piperazine rings is 1. The summed E-state index contributed by atoms with van der Waals surface area (Å²) in [5.41, 5.74) is 7.78. The van der Waals surface area contributed by atoms with E-state index in [0.29, 0.717) is 11.7 Å². The van der Waals surface area contributed by atoms with Gasteiger partial charge in [0, 0.05) is 64.0 Å². The van der Waals surface area contributed by atoms with E-state index in [1.807, 2.05) is 17.0 Å². The normalized spacial score (nSPS) is 22.5. The van der Waals surface area contributed by atoms with Crippen molar-refractivity contribution in [1.82, 2.24) is 9.80 Å².